The lowest BCUT2D eigenvalue weighted by Crippen LogP contribution is -2.19. The summed E-state index contributed by atoms with van der Waals surface area (Å²) in [5.74, 6) is 0.510. The van der Waals surface area contributed by atoms with Gasteiger partial charge in [-0.25, -0.2) is 4.39 Å². The van der Waals surface area contributed by atoms with E-state index in [1.165, 1.54) is 12.1 Å². The van der Waals surface area contributed by atoms with Crippen LogP contribution in [0, 0.1) is 5.82 Å². The van der Waals surface area contributed by atoms with Crippen molar-refractivity contribution in [1.82, 2.24) is 5.32 Å². The second-order valence-electron chi connectivity index (χ2n) is 3.77. The lowest BCUT2D eigenvalue weighted by atomic mass is 10.2. The SMILES string of the molecule is CCCOc1ccc(F)cc1CNCCOC. The molecule has 0 bridgehead atoms. The number of benzene rings is 1. The number of rotatable bonds is 8. The number of hydrogen-bond acceptors (Lipinski definition) is 3. The molecule has 0 aliphatic carbocycles. The molecule has 0 radical (unpaired) electrons. The van der Waals surface area contributed by atoms with Crippen molar-refractivity contribution in [3.8, 4) is 5.75 Å². The van der Waals surface area contributed by atoms with Crippen molar-refractivity contribution in [3.05, 3.63) is 29.6 Å². The number of nitrogens with one attached hydrogen (secondary N) is 1. The van der Waals surface area contributed by atoms with Crippen molar-refractivity contribution in [2.24, 2.45) is 0 Å². The van der Waals surface area contributed by atoms with Crippen LogP contribution in [0.5, 0.6) is 5.75 Å². The Kier molecular flexibility index (Phi) is 6.58. The summed E-state index contributed by atoms with van der Waals surface area (Å²) < 4.78 is 23.6. The van der Waals surface area contributed by atoms with E-state index in [9.17, 15) is 4.39 Å². The van der Waals surface area contributed by atoms with Crippen LogP contribution in [-0.2, 0) is 11.3 Å². The smallest absolute Gasteiger partial charge is 0.123 e. The maximum Gasteiger partial charge on any atom is 0.123 e. The molecule has 1 N–H and O–H groups in total. The van der Waals surface area contributed by atoms with E-state index >= 15 is 0 Å². The molecular weight excluding hydrogens is 221 g/mol. The highest BCUT2D eigenvalue weighted by atomic mass is 19.1. The molecule has 0 saturated carbocycles. The van der Waals surface area contributed by atoms with Crippen molar-refractivity contribution >= 4 is 0 Å². The summed E-state index contributed by atoms with van der Waals surface area (Å²) in [6.45, 7) is 4.65. The standard InChI is InChI=1S/C13H20FNO2/c1-3-7-17-13-5-4-12(14)9-11(13)10-15-6-8-16-2/h4-5,9,15H,3,6-8,10H2,1-2H3. The molecule has 0 atom stereocenters. The molecule has 4 heteroatoms. The second-order valence-corrected chi connectivity index (χ2v) is 3.77. The Balaban J connectivity index is 2.56. The Morgan fingerprint density at radius 1 is 1.29 bits per heavy atom. The molecule has 0 aliphatic heterocycles. The predicted molar refractivity (Wildman–Crippen MR) is 65.8 cm³/mol. The zero-order valence-electron chi connectivity index (χ0n) is 10.5. The van der Waals surface area contributed by atoms with Crippen LogP contribution in [0.2, 0.25) is 0 Å². The van der Waals surface area contributed by atoms with Crippen molar-refractivity contribution in [1.29, 1.82) is 0 Å². The Labute approximate surface area is 102 Å². The van der Waals surface area contributed by atoms with Gasteiger partial charge < -0.3 is 14.8 Å². The molecule has 0 heterocycles. The van der Waals surface area contributed by atoms with Crippen LogP contribution in [0.4, 0.5) is 4.39 Å². The fraction of sp³-hybridized carbons (Fsp3) is 0.538. The molecule has 1 aromatic rings. The van der Waals surface area contributed by atoms with Crippen LogP contribution < -0.4 is 10.1 Å². The minimum atomic E-state index is -0.239. The minimum Gasteiger partial charge on any atom is -0.493 e. The Morgan fingerprint density at radius 3 is 2.82 bits per heavy atom. The molecule has 0 unspecified atom stereocenters. The third-order valence-electron chi connectivity index (χ3n) is 2.28. The van der Waals surface area contributed by atoms with Gasteiger partial charge in [-0.2, -0.15) is 0 Å². The molecule has 0 fully saturated rings. The molecule has 0 spiro atoms. The first-order valence-corrected chi connectivity index (χ1v) is 5.88. The first kappa shape index (κ1) is 13.9. The van der Waals surface area contributed by atoms with Gasteiger partial charge >= 0.3 is 0 Å². The van der Waals surface area contributed by atoms with Gasteiger partial charge in [0, 0.05) is 25.8 Å². The zero-order valence-corrected chi connectivity index (χ0v) is 10.5. The van der Waals surface area contributed by atoms with Crippen LogP contribution in [0.25, 0.3) is 0 Å². The van der Waals surface area contributed by atoms with Gasteiger partial charge in [-0.3, -0.25) is 0 Å². The fourth-order valence-electron chi connectivity index (χ4n) is 1.44. The van der Waals surface area contributed by atoms with E-state index in [2.05, 4.69) is 5.32 Å². The van der Waals surface area contributed by atoms with Crippen LogP contribution in [-0.4, -0.2) is 26.9 Å². The third-order valence-corrected chi connectivity index (χ3v) is 2.28. The van der Waals surface area contributed by atoms with Crippen molar-refractivity contribution in [2.75, 3.05) is 26.9 Å². The van der Waals surface area contributed by atoms with Gasteiger partial charge in [0.2, 0.25) is 0 Å². The highest BCUT2D eigenvalue weighted by Crippen LogP contribution is 2.19. The fourth-order valence-corrected chi connectivity index (χ4v) is 1.44. The van der Waals surface area contributed by atoms with Crippen LogP contribution >= 0.6 is 0 Å². The number of hydrogen-bond donors (Lipinski definition) is 1. The summed E-state index contributed by atoms with van der Waals surface area (Å²) in [5, 5.41) is 3.17. The largest absolute Gasteiger partial charge is 0.493 e. The molecule has 0 saturated heterocycles. The van der Waals surface area contributed by atoms with E-state index in [0.717, 1.165) is 24.3 Å². The zero-order chi connectivity index (χ0) is 12.5. The van der Waals surface area contributed by atoms with Gasteiger partial charge in [-0.05, 0) is 24.6 Å². The maximum atomic E-state index is 13.1. The summed E-state index contributed by atoms with van der Waals surface area (Å²) in [4.78, 5) is 0. The topological polar surface area (TPSA) is 30.5 Å². The quantitative estimate of drug-likeness (QED) is 0.709. The van der Waals surface area contributed by atoms with Crippen LogP contribution in [0.15, 0.2) is 18.2 Å². The van der Waals surface area contributed by atoms with E-state index in [-0.39, 0.29) is 5.82 Å². The monoisotopic (exact) mass is 241 g/mol. The summed E-state index contributed by atoms with van der Waals surface area (Å²) in [5.41, 5.74) is 0.842. The molecule has 3 nitrogen and oxygen atoms in total. The van der Waals surface area contributed by atoms with E-state index in [1.807, 2.05) is 6.92 Å². The van der Waals surface area contributed by atoms with Gasteiger partial charge in [-0.1, -0.05) is 6.92 Å². The average molecular weight is 241 g/mol. The van der Waals surface area contributed by atoms with Crippen LogP contribution in [0.3, 0.4) is 0 Å². The summed E-state index contributed by atoms with van der Waals surface area (Å²) in [6.07, 6.45) is 0.938. The molecule has 1 aromatic carbocycles. The average Bonchev–Trinajstić information content (AvgIpc) is 2.33. The molecule has 0 aromatic heterocycles. The normalized spacial score (nSPS) is 10.5. The van der Waals surface area contributed by atoms with Gasteiger partial charge in [0.15, 0.2) is 0 Å². The van der Waals surface area contributed by atoms with E-state index < -0.39 is 0 Å². The molecule has 17 heavy (non-hydrogen) atoms. The number of ether oxygens (including phenoxy) is 2. The Bertz CT molecular complexity index is 331. The summed E-state index contributed by atoms with van der Waals surface area (Å²) in [6, 6.07) is 4.60. The van der Waals surface area contributed by atoms with Crippen molar-refractivity contribution in [2.45, 2.75) is 19.9 Å². The minimum absolute atomic E-state index is 0.239. The number of methoxy groups -OCH3 is 1. The van der Waals surface area contributed by atoms with Gasteiger partial charge in [-0.15, -0.1) is 0 Å². The van der Waals surface area contributed by atoms with Gasteiger partial charge in [0.05, 0.1) is 13.2 Å². The highest BCUT2D eigenvalue weighted by molar-refractivity contribution is 5.33. The lowest BCUT2D eigenvalue weighted by Gasteiger charge is -2.11. The van der Waals surface area contributed by atoms with E-state index in [1.54, 1.807) is 13.2 Å². The maximum absolute atomic E-state index is 13.1. The van der Waals surface area contributed by atoms with Crippen molar-refractivity contribution < 1.29 is 13.9 Å². The Hall–Kier alpha value is -1.13. The molecule has 96 valence electrons. The Morgan fingerprint density at radius 2 is 2.12 bits per heavy atom. The first-order valence-electron chi connectivity index (χ1n) is 5.88. The summed E-state index contributed by atoms with van der Waals surface area (Å²) in [7, 11) is 1.65. The predicted octanol–water partition coefficient (Wildman–Crippen LogP) is 2.35. The van der Waals surface area contributed by atoms with Crippen molar-refractivity contribution in [3.63, 3.8) is 0 Å². The first-order chi connectivity index (χ1) is 8.27. The van der Waals surface area contributed by atoms with Crippen LogP contribution in [0.1, 0.15) is 18.9 Å². The summed E-state index contributed by atoms with van der Waals surface area (Å²) >= 11 is 0. The molecule has 1 rings (SSSR count). The highest BCUT2D eigenvalue weighted by Gasteiger charge is 2.04. The second kappa shape index (κ2) is 8.03. The molecule has 0 amide bonds. The molecule has 0 aliphatic rings. The van der Waals surface area contributed by atoms with E-state index in [0.29, 0.717) is 19.8 Å². The van der Waals surface area contributed by atoms with Gasteiger partial charge in [0.1, 0.15) is 11.6 Å². The number of halogens is 1. The van der Waals surface area contributed by atoms with Gasteiger partial charge in [0.25, 0.3) is 0 Å². The third kappa shape index (κ3) is 5.15. The molecular formula is C13H20FNO2. The van der Waals surface area contributed by atoms with E-state index in [4.69, 9.17) is 9.47 Å². The lowest BCUT2D eigenvalue weighted by molar-refractivity contribution is 0.199.